The minimum Gasteiger partial charge on any atom is -0.366 e. The summed E-state index contributed by atoms with van der Waals surface area (Å²) in [6, 6.07) is 4.63. The van der Waals surface area contributed by atoms with Gasteiger partial charge in [0, 0.05) is 29.7 Å². The van der Waals surface area contributed by atoms with Crippen molar-refractivity contribution in [1.82, 2.24) is 24.7 Å². The van der Waals surface area contributed by atoms with E-state index in [1.54, 1.807) is 0 Å². The molecule has 10 heteroatoms. The molecule has 132 valence electrons. The molecule has 2 heterocycles. The number of rotatable bonds is 4. The zero-order valence-corrected chi connectivity index (χ0v) is 13.1. The Morgan fingerprint density at radius 2 is 1.92 bits per heavy atom. The van der Waals surface area contributed by atoms with Gasteiger partial charge in [-0.05, 0) is 12.1 Å². The lowest BCUT2D eigenvalue weighted by Crippen LogP contribution is -2.14. The molecule has 0 bridgehead atoms. The van der Waals surface area contributed by atoms with Crippen LogP contribution in [-0.4, -0.2) is 30.6 Å². The van der Waals surface area contributed by atoms with E-state index in [9.17, 15) is 18.0 Å². The first-order chi connectivity index (χ1) is 12.3. The molecule has 0 aliphatic carbocycles. The largest absolute Gasteiger partial charge is 0.416 e. The van der Waals surface area contributed by atoms with Gasteiger partial charge in [-0.3, -0.25) is 4.79 Å². The van der Waals surface area contributed by atoms with Gasteiger partial charge in [-0.25, -0.2) is 19.6 Å². The lowest BCUT2D eigenvalue weighted by Gasteiger charge is -2.06. The van der Waals surface area contributed by atoms with Crippen LogP contribution in [0.5, 0.6) is 0 Å². The average Bonchev–Trinajstić information content (AvgIpc) is 3.08. The first-order valence-corrected chi connectivity index (χ1v) is 7.20. The van der Waals surface area contributed by atoms with Crippen LogP contribution in [0.15, 0.2) is 49.3 Å². The molecule has 7 nitrogen and oxygen atoms in total. The molecule has 0 atom stereocenters. The van der Waals surface area contributed by atoms with E-state index in [2.05, 4.69) is 20.1 Å². The Labute approximate surface area is 145 Å². The smallest absolute Gasteiger partial charge is 0.366 e. The molecule has 1 aromatic carbocycles. The summed E-state index contributed by atoms with van der Waals surface area (Å²) in [4.78, 5) is 23.2. The van der Waals surface area contributed by atoms with Crippen LogP contribution in [0.2, 0.25) is 0 Å². The minimum atomic E-state index is -4.47. The Bertz CT molecular complexity index is 965. The molecule has 0 radical (unpaired) electrons. The number of benzene rings is 1. The number of amides is 1. The van der Waals surface area contributed by atoms with Crippen molar-refractivity contribution >= 4 is 17.7 Å². The summed E-state index contributed by atoms with van der Waals surface area (Å²) in [5.41, 5.74) is 5.19. The third kappa shape index (κ3) is 3.74. The van der Waals surface area contributed by atoms with Crippen LogP contribution in [0.3, 0.4) is 0 Å². The van der Waals surface area contributed by atoms with Crippen LogP contribution < -0.4 is 5.73 Å². The van der Waals surface area contributed by atoms with Crippen LogP contribution >= 0.6 is 0 Å². The highest BCUT2D eigenvalue weighted by Gasteiger charge is 2.30. The molecule has 0 aliphatic rings. The third-order valence-corrected chi connectivity index (χ3v) is 3.36. The second kappa shape index (κ2) is 6.75. The lowest BCUT2D eigenvalue weighted by atomic mass is 10.1. The van der Waals surface area contributed by atoms with Crippen molar-refractivity contribution < 1.29 is 18.0 Å². The highest BCUT2D eigenvalue weighted by molar-refractivity contribution is 6.22. The van der Waals surface area contributed by atoms with E-state index >= 15 is 0 Å². The molecule has 0 saturated carbocycles. The maximum absolute atomic E-state index is 12.8. The van der Waals surface area contributed by atoms with Gasteiger partial charge in [0.25, 0.3) is 5.91 Å². The molecule has 2 N–H and O–H groups in total. The molecule has 3 rings (SSSR count). The van der Waals surface area contributed by atoms with Crippen molar-refractivity contribution in [2.45, 2.75) is 6.18 Å². The molecule has 2 aromatic heterocycles. The lowest BCUT2D eigenvalue weighted by molar-refractivity contribution is -0.137. The van der Waals surface area contributed by atoms with Crippen molar-refractivity contribution in [3.8, 4) is 11.4 Å². The van der Waals surface area contributed by atoms with Crippen LogP contribution in [0.25, 0.3) is 23.2 Å². The van der Waals surface area contributed by atoms with Crippen LogP contribution in [0.4, 0.5) is 13.2 Å². The SMILES string of the molecule is NC(=O)/C(=C/n1cnc(-c2cccc(C(F)(F)F)c2)n1)c1cncnc1. The first-order valence-electron chi connectivity index (χ1n) is 7.20. The van der Waals surface area contributed by atoms with Crippen molar-refractivity contribution in [3.05, 3.63) is 60.4 Å². The monoisotopic (exact) mass is 360 g/mol. The van der Waals surface area contributed by atoms with Crippen molar-refractivity contribution in [2.75, 3.05) is 0 Å². The number of primary amides is 1. The molecule has 1 amide bonds. The Kier molecular flexibility index (Phi) is 4.48. The Morgan fingerprint density at radius 3 is 2.58 bits per heavy atom. The predicted molar refractivity (Wildman–Crippen MR) is 85.9 cm³/mol. The van der Waals surface area contributed by atoms with Gasteiger partial charge in [-0.15, -0.1) is 5.10 Å². The predicted octanol–water partition coefficient (Wildman–Crippen LogP) is 2.24. The average molecular weight is 360 g/mol. The zero-order valence-electron chi connectivity index (χ0n) is 13.1. The number of aromatic nitrogens is 5. The molecule has 3 aromatic rings. The number of carbonyl (C=O) groups is 1. The number of alkyl halides is 3. The quantitative estimate of drug-likeness (QED) is 0.719. The summed E-state index contributed by atoms with van der Waals surface area (Å²) in [5.74, 6) is -0.670. The minimum absolute atomic E-state index is 0.0699. The van der Waals surface area contributed by atoms with Crippen molar-refractivity contribution in [1.29, 1.82) is 0 Å². The number of halogens is 3. The van der Waals surface area contributed by atoms with Gasteiger partial charge in [-0.2, -0.15) is 13.2 Å². The second-order valence-corrected chi connectivity index (χ2v) is 5.16. The van der Waals surface area contributed by atoms with E-state index in [1.807, 2.05) is 0 Å². The molecule has 0 spiro atoms. The van der Waals surface area contributed by atoms with Gasteiger partial charge >= 0.3 is 6.18 Å². The Balaban J connectivity index is 1.96. The van der Waals surface area contributed by atoms with E-state index in [-0.39, 0.29) is 17.0 Å². The van der Waals surface area contributed by atoms with Gasteiger partial charge in [0.05, 0.1) is 11.1 Å². The normalized spacial score (nSPS) is 12.2. The van der Waals surface area contributed by atoms with Gasteiger partial charge < -0.3 is 5.73 Å². The number of nitrogens with two attached hydrogens (primary N) is 1. The topological polar surface area (TPSA) is 99.6 Å². The fraction of sp³-hybridized carbons (Fsp3) is 0.0625. The van der Waals surface area contributed by atoms with Crippen LogP contribution in [0.1, 0.15) is 11.1 Å². The summed E-state index contributed by atoms with van der Waals surface area (Å²) >= 11 is 0. The molecule has 0 aliphatic heterocycles. The molecule has 26 heavy (non-hydrogen) atoms. The van der Waals surface area contributed by atoms with E-state index in [4.69, 9.17) is 5.73 Å². The highest BCUT2D eigenvalue weighted by Crippen LogP contribution is 2.31. The molecule has 0 saturated heterocycles. The van der Waals surface area contributed by atoms with Gasteiger partial charge in [0.15, 0.2) is 5.82 Å². The van der Waals surface area contributed by atoms with Gasteiger partial charge in [0.2, 0.25) is 0 Å². The van der Waals surface area contributed by atoms with E-state index in [0.717, 1.165) is 12.1 Å². The number of hydrogen-bond donors (Lipinski definition) is 1. The van der Waals surface area contributed by atoms with Crippen LogP contribution in [-0.2, 0) is 11.0 Å². The summed E-state index contributed by atoms with van der Waals surface area (Å²) in [6.45, 7) is 0. The van der Waals surface area contributed by atoms with Gasteiger partial charge in [0.1, 0.15) is 12.7 Å². The fourth-order valence-corrected chi connectivity index (χ4v) is 2.15. The standard InChI is InChI=1S/C16H11F3N6O/c17-16(18,19)12-3-1-2-10(4-12)15-23-9-25(24-15)7-13(14(20)26)11-5-21-8-22-6-11/h1-9H,(H2,20,26)/b13-7+. The van der Waals surface area contributed by atoms with Gasteiger partial charge in [-0.1, -0.05) is 12.1 Å². The second-order valence-electron chi connectivity index (χ2n) is 5.16. The highest BCUT2D eigenvalue weighted by atomic mass is 19.4. The van der Waals surface area contributed by atoms with E-state index in [0.29, 0.717) is 5.56 Å². The number of carbonyl (C=O) groups excluding carboxylic acids is 1. The number of nitrogens with zero attached hydrogens (tertiary/aromatic N) is 5. The fourth-order valence-electron chi connectivity index (χ4n) is 2.15. The first kappa shape index (κ1) is 17.3. The summed E-state index contributed by atoms with van der Waals surface area (Å²) in [5, 5.41) is 4.06. The van der Waals surface area contributed by atoms with Crippen LogP contribution in [0, 0.1) is 0 Å². The summed E-state index contributed by atoms with van der Waals surface area (Å²) in [6.07, 6.45) is 2.17. The summed E-state index contributed by atoms with van der Waals surface area (Å²) < 4.78 is 39.6. The maximum Gasteiger partial charge on any atom is 0.416 e. The zero-order chi connectivity index (χ0) is 18.7. The van der Waals surface area contributed by atoms with Crippen molar-refractivity contribution in [3.63, 3.8) is 0 Å². The molecular formula is C16H11F3N6O. The molecule has 0 unspecified atom stereocenters. The number of hydrogen-bond acceptors (Lipinski definition) is 5. The Morgan fingerprint density at radius 1 is 1.19 bits per heavy atom. The van der Waals surface area contributed by atoms with Crippen molar-refractivity contribution in [2.24, 2.45) is 5.73 Å². The summed E-state index contributed by atoms with van der Waals surface area (Å²) in [7, 11) is 0. The molecule has 0 fully saturated rings. The molecular weight excluding hydrogens is 349 g/mol. The van der Waals surface area contributed by atoms with E-state index < -0.39 is 17.6 Å². The van der Waals surface area contributed by atoms with E-state index in [1.165, 1.54) is 48.1 Å². The Hall–Kier alpha value is -3.56. The third-order valence-electron chi connectivity index (χ3n) is 3.36. The maximum atomic E-state index is 12.8.